The van der Waals surface area contributed by atoms with Gasteiger partial charge in [0.05, 0.1) is 53.4 Å². The molecule has 0 atom stereocenters. The van der Waals surface area contributed by atoms with Gasteiger partial charge in [-0.15, -0.1) is 0 Å². The maximum atomic E-state index is 2.51. The standard InChI is InChI=1S/C18H36N2.2HI/c1-19(11-3-4-12-19)15-17-7-9-18(10-8-17)16-20(2)13-5-6-14-20;;/h17-18H,3-16H2,1-2H3;2*1H/q+2;;/p-2. The number of hydrogen-bond acceptors (Lipinski definition) is 0. The molecule has 3 rings (SSSR count). The van der Waals surface area contributed by atoms with Crippen molar-refractivity contribution in [1.82, 2.24) is 0 Å². The fourth-order valence-electron chi connectivity index (χ4n) is 5.41. The first kappa shape index (κ1) is 21.4. The van der Waals surface area contributed by atoms with Gasteiger partial charge in [-0.2, -0.15) is 0 Å². The summed E-state index contributed by atoms with van der Waals surface area (Å²) in [6.07, 6.45) is 12.0. The SMILES string of the molecule is C[N+]1(CC2CCC(C[N+]3(C)CCCC3)CC2)CCCC1.[I-].[I-]. The zero-order valence-electron chi connectivity index (χ0n) is 14.7. The van der Waals surface area contributed by atoms with E-state index in [0.29, 0.717) is 0 Å². The third-order valence-electron chi connectivity index (χ3n) is 6.66. The summed E-state index contributed by atoms with van der Waals surface area (Å²) in [6.45, 7) is 8.78. The molecule has 0 aromatic rings. The first-order valence-electron chi connectivity index (χ1n) is 9.24. The van der Waals surface area contributed by atoms with E-state index < -0.39 is 0 Å². The minimum atomic E-state index is 0. The van der Waals surface area contributed by atoms with E-state index in [1.54, 1.807) is 0 Å². The van der Waals surface area contributed by atoms with E-state index in [2.05, 4.69) is 14.1 Å². The molecule has 2 aliphatic heterocycles. The molecule has 0 spiro atoms. The highest BCUT2D eigenvalue weighted by molar-refractivity contribution is 4.74. The molecule has 3 fully saturated rings. The minimum absolute atomic E-state index is 0. The van der Waals surface area contributed by atoms with Crippen LogP contribution in [0.5, 0.6) is 0 Å². The topological polar surface area (TPSA) is 0 Å². The van der Waals surface area contributed by atoms with E-state index in [9.17, 15) is 0 Å². The van der Waals surface area contributed by atoms with Crippen molar-refractivity contribution in [2.24, 2.45) is 11.8 Å². The lowest BCUT2D eigenvalue weighted by molar-refractivity contribution is -0.902. The van der Waals surface area contributed by atoms with Crippen LogP contribution in [0.25, 0.3) is 0 Å². The lowest BCUT2D eigenvalue weighted by Gasteiger charge is -2.39. The van der Waals surface area contributed by atoms with Crippen LogP contribution in [0.1, 0.15) is 51.4 Å². The molecule has 0 aromatic heterocycles. The van der Waals surface area contributed by atoms with Gasteiger partial charge < -0.3 is 56.9 Å². The van der Waals surface area contributed by atoms with Gasteiger partial charge in [0, 0.05) is 37.5 Å². The van der Waals surface area contributed by atoms with Crippen LogP contribution >= 0.6 is 0 Å². The Morgan fingerprint density at radius 1 is 0.591 bits per heavy atom. The molecular formula is C18H36I2N2. The maximum absolute atomic E-state index is 2.51. The van der Waals surface area contributed by atoms with Crippen LogP contribution in [-0.4, -0.2) is 62.3 Å². The molecule has 4 heteroatoms. The summed E-state index contributed by atoms with van der Waals surface area (Å²) >= 11 is 0. The molecule has 0 amide bonds. The largest absolute Gasteiger partial charge is 1.00 e. The van der Waals surface area contributed by atoms with E-state index in [1.165, 1.54) is 99.6 Å². The number of quaternary nitrogens is 2. The van der Waals surface area contributed by atoms with Crippen molar-refractivity contribution >= 4 is 0 Å². The van der Waals surface area contributed by atoms with Crippen molar-refractivity contribution in [3.63, 3.8) is 0 Å². The Hall–Kier alpha value is 1.38. The average Bonchev–Trinajstić information content (AvgIpc) is 3.02. The predicted octanol–water partition coefficient (Wildman–Crippen LogP) is -2.72. The van der Waals surface area contributed by atoms with Gasteiger partial charge in [-0.3, -0.25) is 0 Å². The van der Waals surface area contributed by atoms with E-state index in [0.717, 1.165) is 11.8 Å². The average molecular weight is 534 g/mol. The molecule has 1 aliphatic carbocycles. The van der Waals surface area contributed by atoms with Gasteiger partial charge in [0.15, 0.2) is 0 Å². The normalized spacial score (nSPS) is 33.0. The molecule has 1 saturated carbocycles. The number of likely N-dealkylation sites (tertiary alicyclic amines) is 2. The molecule has 2 nitrogen and oxygen atoms in total. The zero-order chi connectivity index (χ0) is 14.1. The molecule has 22 heavy (non-hydrogen) atoms. The molecule has 0 aromatic carbocycles. The summed E-state index contributed by atoms with van der Waals surface area (Å²) in [5, 5.41) is 0. The molecular weight excluding hydrogens is 498 g/mol. The van der Waals surface area contributed by atoms with Gasteiger partial charge in [-0.1, -0.05) is 0 Å². The van der Waals surface area contributed by atoms with Gasteiger partial charge in [-0.25, -0.2) is 0 Å². The van der Waals surface area contributed by atoms with Crippen molar-refractivity contribution in [3.8, 4) is 0 Å². The summed E-state index contributed by atoms with van der Waals surface area (Å²) < 4.78 is 2.78. The Balaban J connectivity index is 0.00000121. The van der Waals surface area contributed by atoms with Gasteiger partial charge in [0.25, 0.3) is 0 Å². The van der Waals surface area contributed by atoms with Crippen LogP contribution in [0.15, 0.2) is 0 Å². The van der Waals surface area contributed by atoms with E-state index in [4.69, 9.17) is 0 Å². The van der Waals surface area contributed by atoms with E-state index in [-0.39, 0.29) is 48.0 Å². The quantitative estimate of drug-likeness (QED) is 0.272. The summed E-state index contributed by atoms with van der Waals surface area (Å²) in [7, 11) is 5.02. The molecule has 0 radical (unpaired) electrons. The number of halogens is 2. The van der Waals surface area contributed by atoms with Gasteiger partial charge in [-0.05, 0) is 25.7 Å². The fraction of sp³-hybridized carbons (Fsp3) is 1.00. The van der Waals surface area contributed by atoms with Crippen molar-refractivity contribution in [2.75, 3.05) is 53.4 Å². The highest BCUT2D eigenvalue weighted by atomic mass is 127. The van der Waals surface area contributed by atoms with E-state index in [1.807, 2.05) is 0 Å². The summed E-state index contributed by atoms with van der Waals surface area (Å²) in [5.41, 5.74) is 0. The second-order valence-corrected chi connectivity index (χ2v) is 8.80. The zero-order valence-corrected chi connectivity index (χ0v) is 19.0. The van der Waals surface area contributed by atoms with Gasteiger partial charge >= 0.3 is 0 Å². The van der Waals surface area contributed by atoms with Crippen LogP contribution in [0, 0.1) is 11.8 Å². The third kappa shape index (κ3) is 5.73. The Morgan fingerprint density at radius 3 is 1.14 bits per heavy atom. The van der Waals surface area contributed by atoms with Crippen molar-refractivity contribution < 1.29 is 56.9 Å². The molecule has 2 heterocycles. The summed E-state index contributed by atoms with van der Waals surface area (Å²) in [6, 6.07) is 0. The molecule has 2 saturated heterocycles. The second-order valence-electron chi connectivity index (χ2n) is 8.80. The van der Waals surface area contributed by atoms with Crippen LogP contribution in [-0.2, 0) is 0 Å². The van der Waals surface area contributed by atoms with Crippen LogP contribution < -0.4 is 48.0 Å². The first-order chi connectivity index (χ1) is 9.57. The summed E-state index contributed by atoms with van der Waals surface area (Å²) in [4.78, 5) is 0. The monoisotopic (exact) mass is 534 g/mol. The number of nitrogens with zero attached hydrogens (tertiary/aromatic N) is 2. The van der Waals surface area contributed by atoms with E-state index >= 15 is 0 Å². The van der Waals surface area contributed by atoms with Crippen molar-refractivity contribution in [1.29, 1.82) is 0 Å². The number of hydrogen-bond donors (Lipinski definition) is 0. The van der Waals surface area contributed by atoms with Gasteiger partial charge in [0.1, 0.15) is 0 Å². The van der Waals surface area contributed by atoms with Gasteiger partial charge in [0.2, 0.25) is 0 Å². The molecule has 3 aliphatic rings. The Bertz CT molecular complexity index is 283. The van der Waals surface area contributed by atoms with Crippen LogP contribution in [0.2, 0.25) is 0 Å². The smallest absolute Gasteiger partial charge is 0.0813 e. The molecule has 0 unspecified atom stereocenters. The lowest BCUT2D eigenvalue weighted by Crippen LogP contribution is -3.00. The van der Waals surface area contributed by atoms with Crippen LogP contribution in [0.4, 0.5) is 0 Å². The first-order valence-corrected chi connectivity index (χ1v) is 9.24. The third-order valence-corrected chi connectivity index (χ3v) is 6.66. The predicted molar refractivity (Wildman–Crippen MR) is 85.5 cm³/mol. The highest BCUT2D eigenvalue weighted by Gasteiger charge is 2.35. The Morgan fingerprint density at radius 2 is 0.864 bits per heavy atom. The Kier molecular flexibility index (Phi) is 8.94. The van der Waals surface area contributed by atoms with Crippen molar-refractivity contribution in [2.45, 2.75) is 51.4 Å². The molecule has 132 valence electrons. The highest BCUT2D eigenvalue weighted by Crippen LogP contribution is 2.34. The Labute approximate surface area is 172 Å². The maximum Gasteiger partial charge on any atom is 0.0813 e. The molecule has 0 N–H and O–H groups in total. The summed E-state index contributed by atoms with van der Waals surface area (Å²) in [5.74, 6) is 2.08. The molecule has 0 bridgehead atoms. The lowest BCUT2D eigenvalue weighted by atomic mass is 9.81. The fourth-order valence-corrected chi connectivity index (χ4v) is 5.41. The number of rotatable bonds is 4. The second kappa shape index (κ2) is 9.18. The van der Waals surface area contributed by atoms with Crippen LogP contribution in [0.3, 0.4) is 0 Å². The minimum Gasteiger partial charge on any atom is -1.00 e. The van der Waals surface area contributed by atoms with Crippen molar-refractivity contribution in [3.05, 3.63) is 0 Å².